The number of esters is 1. The maximum Gasteiger partial charge on any atom is 0.340 e. The van der Waals surface area contributed by atoms with Gasteiger partial charge in [0.25, 0.3) is 0 Å². The molecule has 1 aromatic heterocycles. The molecule has 1 saturated heterocycles. The summed E-state index contributed by atoms with van der Waals surface area (Å²) in [5.41, 5.74) is 3.98. The smallest absolute Gasteiger partial charge is 0.340 e. The Kier molecular flexibility index (Phi) is 5.36. The highest BCUT2D eigenvalue weighted by molar-refractivity contribution is 5.98. The molecule has 6 heteroatoms. The van der Waals surface area contributed by atoms with E-state index in [1.165, 1.54) is 7.11 Å². The minimum atomic E-state index is -0.344. The molecule has 6 nitrogen and oxygen atoms in total. The zero-order valence-corrected chi connectivity index (χ0v) is 16.8. The van der Waals surface area contributed by atoms with Gasteiger partial charge in [-0.1, -0.05) is 30.3 Å². The lowest BCUT2D eigenvalue weighted by atomic mass is 10.0. The van der Waals surface area contributed by atoms with Crippen molar-refractivity contribution in [2.45, 2.75) is 13.5 Å². The zero-order chi connectivity index (χ0) is 20.4. The second-order valence-electron chi connectivity index (χ2n) is 7.32. The number of benzene rings is 2. The SMILES string of the molecule is COC(=O)c1c(CN2CCN(c3ccccc3O)CC2)nc2ccccc2c1C. The average molecular weight is 391 g/mol. The number of para-hydroxylation sites is 3. The van der Waals surface area contributed by atoms with E-state index in [1.54, 1.807) is 6.07 Å². The lowest BCUT2D eigenvalue weighted by Crippen LogP contribution is -2.46. The predicted molar refractivity (Wildman–Crippen MR) is 113 cm³/mol. The number of rotatable bonds is 4. The van der Waals surface area contributed by atoms with Gasteiger partial charge in [-0.2, -0.15) is 0 Å². The highest BCUT2D eigenvalue weighted by atomic mass is 16.5. The van der Waals surface area contributed by atoms with Crippen LogP contribution in [0, 0.1) is 6.92 Å². The van der Waals surface area contributed by atoms with Crippen LogP contribution >= 0.6 is 0 Å². The van der Waals surface area contributed by atoms with E-state index in [4.69, 9.17) is 9.72 Å². The summed E-state index contributed by atoms with van der Waals surface area (Å²) in [6.45, 7) is 5.79. The maximum atomic E-state index is 12.5. The van der Waals surface area contributed by atoms with Crippen molar-refractivity contribution >= 4 is 22.6 Å². The second kappa shape index (κ2) is 8.09. The van der Waals surface area contributed by atoms with Crippen molar-refractivity contribution in [1.82, 2.24) is 9.88 Å². The molecule has 1 aliphatic rings. The van der Waals surface area contributed by atoms with Crippen molar-refractivity contribution in [3.63, 3.8) is 0 Å². The molecule has 1 N–H and O–H groups in total. The number of aromatic nitrogens is 1. The predicted octanol–water partition coefficient (Wildman–Crippen LogP) is 3.36. The second-order valence-corrected chi connectivity index (χ2v) is 7.32. The van der Waals surface area contributed by atoms with Crippen LogP contribution in [0.3, 0.4) is 0 Å². The van der Waals surface area contributed by atoms with Crippen LogP contribution < -0.4 is 4.90 Å². The highest BCUT2D eigenvalue weighted by Gasteiger charge is 2.24. The maximum absolute atomic E-state index is 12.5. The fraction of sp³-hybridized carbons (Fsp3) is 0.304. The number of carbonyl (C=O) groups is 1. The quantitative estimate of drug-likeness (QED) is 0.688. The number of phenols is 1. The van der Waals surface area contributed by atoms with Gasteiger partial charge in [0.1, 0.15) is 5.75 Å². The van der Waals surface area contributed by atoms with E-state index in [1.807, 2.05) is 49.4 Å². The van der Waals surface area contributed by atoms with E-state index in [-0.39, 0.29) is 5.97 Å². The number of piperazine rings is 1. The number of pyridine rings is 1. The molecule has 1 aliphatic heterocycles. The van der Waals surface area contributed by atoms with Gasteiger partial charge in [0.15, 0.2) is 0 Å². The van der Waals surface area contributed by atoms with Gasteiger partial charge in [-0.3, -0.25) is 9.88 Å². The van der Waals surface area contributed by atoms with Gasteiger partial charge >= 0.3 is 5.97 Å². The Balaban J connectivity index is 1.57. The summed E-state index contributed by atoms with van der Waals surface area (Å²) >= 11 is 0. The van der Waals surface area contributed by atoms with Crippen LogP contribution in [-0.4, -0.2) is 54.2 Å². The minimum Gasteiger partial charge on any atom is -0.506 e. The number of aromatic hydroxyl groups is 1. The van der Waals surface area contributed by atoms with Crippen molar-refractivity contribution in [2.75, 3.05) is 38.2 Å². The molecule has 2 heterocycles. The summed E-state index contributed by atoms with van der Waals surface area (Å²) in [6.07, 6.45) is 0. The lowest BCUT2D eigenvalue weighted by Gasteiger charge is -2.36. The number of ether oxygens (including phenoxy) is 1. The molecule has 0 amide bonds. The number of phenolic OH excluding ortho intramolecular Hbond substituents is 1. The third kappa shape index (κ3) is 3.76. The standard InChI is InChI=1S/C23H25N3O3/c1-16-17-7-3-4-8-18(17)24-19(22(16)23(28)29-2)15-25-11-13-26(14-12-25)20-9-5-6-10-21(20)27/h3-10,27H,11-15H2,1-2H3. The molecule has 1 fully saturated rings. The third-order valence-electron chi connectivity index (χ3n) is 5.58. The van der Waals surface area contributed by atoms with Crippen molar-refractivity contribution in [3.8, 4) is 5.75 Å². The molecule has 3 aromatic rings. The van der Waals surface area contributed by atoms with Gasteiger partial charge in [-0.25, -0.2) is 4.79 Å². The first-order valence-corrected chi connectivity index (χ1v) is 9.80. The van der Waals surface area contributed by atoms with Crippen LogP contribution in [0.15, 0.2) is 48.5 Å². The Hall–Kier alpha value is -3.12. The van der Waals surface area contributed by atoms with Gasteiger partial charge < -0.3 is 14.7 Å². The van der Waals surface area contributed by atoms with Crippen LogP contribution in [-0.2, 0) is 11.3 Å². The Bertz CT molecular complexity index is 1040. The summed E-state index contributed by atoms with van der Waals surface area (Å²) in [4.78, 5) is 21.8. The van der Waals surface area contributed by atoms with Gasteiger partial charge in [-0.15, -0.1) is 0 Å². The van der Waals surface area contributed by atoms with E-state index in [2.05, 4.69) is 9.80 Å². The Morgan fingerprint density at radius 2 is 1.76 bits per heavy atom. The molecule has 0 bridgehead atoms. The van der Waals surface area contributed by atoms with Crippen LogP contribution in [0.4, 0.5) is 5.69 Å². The van der Waals surface area contributed by atoms with Gasteiger partial charge in [0, 0.05) is 38.1 Å². The van der Waals surface area contributed by atoms with Crippen molar-refractivity contribution < 1.29 is 14.6 Å². The fourth-order valence-corrected chi connectivity index (χ4v) is 4.02. The van der Waals surface area contributed by atoms with Crippen LogP contribution in [0.25, 0.3) is 10.9 Å². The molecule has 0 atom stereocenters. The summed E-state index contributed by atoms with van der Waals surface area (Å²) in [5, 5.41) is 11.1. The van der Waals surface area contributed by atoms with Crippen molar-refractivity contribution in [2.24, 2.45) is 0 Å². The van der Waals surface area contributed by atoms with Gasteiger partial charge in [0.2, 0.25) is 0 Å². The topological polar surface area (TPSA) is 65.9 Å². The van der Waals surface area contributed by atoms with Crippen molar-refractivity contribution in [3.05, 3.63) is 65.4 Å². The average Bonchev–Trinajstić information content (AvgIpc) is 2.74. The van der Waals surface area contributed by atoms with Crippen LogP contribution in [0.5, 0.6) is 5.75 Å². The molecule has 0 radical (unpaired) electrons. The number of nitrogens with zero attached hydrogens (tertiary/aromatic N) is 3. The number of hydrogen-bond acceptors (Lipinski definition) is 6. The normalized spacial score (nSPS) is 14.9. The first-order valence-electron chi connectivity index (χ1n) is 9.80. The number of anilines is 1. The minimum absolute atomic E-state index is 0.306. The van der Waals surface area contributed by atoms with Crippen LogP contribution in [0.2, 0.25) is 0 Å². The summed E-state index contributed by atoms with van der Waals surface area (Å²) < 4.78 is 5.05. The zero-order valence-electron chi connectivity index (χ0n) is 16.8. The van der Waals surface area contributed by atoms with E-state index in [9.17, 15) is 9.90 Å². The van der Waals surface area contributed by atoms with E-state index in [0.717, 1.165) is 54.0 Å². The first kappa shape index (κ1) is 19.2. The first-order chi connectivity index (χ1) is 14.1. The van der Waals surface area contributed by atoms with E-state index >= 15 is 0 Å². The molecule has 29 heavy (non-hydrogen) atoms. The van der Waals surface area contributed by atoms with E-state index < -0.39 is 0 Å². The molecular weight excluding hydrogens is 366 g/mol. The Morgan fingerprint density at radius 3 is 2.48 bits per heavy atom. The highest BCUT2D eigenvalue weighted by Crippen LogP contribution is 2.28. The molecular formula is C23H25N3O3. The molecule has 0 unspecified atom stereocenters. The molecule has 150 valence electrons. The Labute approximate surface area is 170 Å². The molecule has 2 aromatic carbocycles. The number of carbonyl (C=O) groups excluding carboxylic acids is 1. The fourth-order valence-electron chi connectivity index (χ4n) is 4.02. The number of methoxy groups -OCH3 is 1. The molecule has 4 rings (SSSR count). The van der Waals surface area contributed by atoms with Crippen LogP contribution in [0.1, 0.15) is 21.6 Å². The molecule has 0 saturated carbocycles. The number of aryl methyl sites for hydroxylation is 1. The summed E-state index contributed by atoms with van der Waals surface area (Å²) in [5.74, 6) is -0.0376. The number of fused-ring (bicyclic) bond motifs is 1. The number of hydrogen-bond donors (Lipinski definition) is 1. The van der Waals surface area contributed by atoms with Gasteiger partial charge in [-0.05, 0) is 30.7 Å². The molecule has 0 aliphatic carbocycles. The largest absolute Gasteiger partial charge is 0.506 e. The van der Waals surface area contributed by atoms with Crippen molar-refractivity contribution in [1.29, 1.82) is 0 Å². The molecule has 0 spiro atoms. The third-order valence-corrected chi connectivity index (χ3v) is 5.58. The van der Waals surface area contributed by atoms with E-state index in [0.29, 0.717) is 17.9 Å². The van der Waals surface area contributed by atoms with Gasteiger partial charge in [0.05, 0.1) is 29.6 Å². The summed E-state index contributed by atoms with van der Waals surface area (Å²) in [7, 11) is 1.41. The summed E-state index contributed by atoms with van der Waals surface area (Å²) in [6, 6.07) is 15.3. The monoisotopic (exact) mass is 391 g/mol. The Morgan fingerprint density at radius 1 is 1.07 bits per heavy atom. The lowest BCUT2D eigenvalue weighted by molar-refractivity contribution is 0.0596.